The van der Waals surface area contributed by atoms with E-state index in [1.54, 1.807) is 0 Å². The number of nitrogens with zero attached hydrogens (tertiary/aromatic N) is 2. The summed E-state index contributed by atoms with van der Waals surface area (Å²) in [6, 6.07) is 6.36. The zero-order chi connectivity index (χ0) is 14.5. The molecule has 0 saturated heterocycles. The van der Waals surface area contributed by atoms with Crippen molar-refractivity contribution in [3.63, 3.8) is 0 Å². The van der Waals surface area contributed by atoms with E-state index in [9.17, 15) is 0 Å². The summed E-state index contributed by atoms with van der Waals surface area (Å²) in [5, 5.41) is 4.16. The van der Waals surface area contributed by atoms with Gasteiger partial charge >= 0.3 is 0 Å². The van der Waals surface area contributed by atoms with Crippen LogP contribution in [0.1, 0.15) is 23.6 Å². The fourth-order valence-electron chi connectivity index (χ4n) is 2.30. The van der Waals surface area contributed by atoms with E-state index < -0.39 is 0 Å². The molecule has 0 saturated carbocycles. The third kappa shape index (κ3) is 3.84. The molecule has 0 spiro atoms. The molecule has 0 aliphatic rings. The first-order chi connectivity index (χ1) is 9.56. The summed E-state index contributed by atoms with van der Waals surface area (Å²) in [4.78, 5) is 0. The standard InChI is InChI=1S/C16H23N3O/c1-12-5-4-6-15(9-13(2)17)16(12)20-8-7-14-10-18-19(3)11-14/h4-6,10-11,13H,7-9,17H2,1-3H3. The first-order valence-electron chi connectivity index (χ1n) is 7.00. The van der Waals surface area contributed by atoms with E-state index in [-0.39, 0.29) is 6.04 Å². The van der Waals surface area contributed by atoms with Crippen LogP contribution in [0.15, 0.2) is 30.6 Å². The maximum atomic E-state index is 5.99. The van der Waals surface area contributed by atoms with Crippen molar-refractivity contribution < 1.29 is 4.74 Å². The SMILES string of the molecule is Cc1cccc(CC(C)N)c1OCCc1cnn(C)c1. The molecule has 2 N–H and O–H groups in total. The average molecular weight is 273 g/mol. The number of benzene rings is 1. The second-order valence-electron chi connectivity index (χ2n) is 5.37. The Hall–Kier alpha value is -1.81. The average Bonchev–Trinajstić information content (AvgIpc) is 2.78. The van der Waals surface area contributed by atoms with Crippen LogP contribution < -0.4 is 10.5 Å². The third-order valence-electron chi connectivity index (χ3n) is 3.23. The molecule has 1 heterocycles. The van der Waals surface area contributed by atoms with Gasteiger partial charge in [-0.1, -0.05) is 18.2 Å². The second kappa shape index (κ2) is 6.57. The van der Waals surface area contributed by atoms with Crippen molar-refractivity contribution in [1.29, 1.82) is 0 Å². The Morgan fingerprint density at radius 2 is 2.20 bits per heavy atom. The highest BCUT2D eigenvalue weighted by Crippen LogP contribution is 2.24. The lowest BCUT2D eigenvalue weighted by atomic mass is 10.0. The third-order valence-corrected chi connectivity index (χ3v) is 3.23. The van der Waals surface area contributed by atoms with E-state index in [0.717, 1.165) is 24.2 Å². The molecule has 2 rings (SSSR count). The smallest absolute Gasteiger partial charge is 0.125 e. The Labute approximate surface area is 120 Å². The molecule has 0 aliphatic carbocycles. The number of para-hydroxylation sites is 1. The quantitative estimate of drug-likeness (QED) is 0.878. The Morgan fingerprint density at radius 3 is 2.85 bits per heavy atom. The fourth-order valence-corrected chi connectivity index (χ4v) is 2.30. The largest absolute Gasteiger partial charge is 0.493 e. The zero-order valence-corrected chi connectivity index (χ0v) is 12.5. The molecule has 1 atom stereocenters. The second-order valence-corrected chi connectivity index (χ2v) is 5.37. The van der Waals surface area contributed by atoms with E-state index >= 15 is 0 Å². The van der Waals surface area contributed by atoms with Crippen LogP contribution >= 0.6 is 0 Å². The molecule has 0 bridgehead atoms. The minimum Gasteiger partial charge on any atom is -0.493 e. The van der Waals surface area contributed by atoms with Crippen molar-refractivity contribution in [2.75, 3.05) is 6.61 Å². The van der Waals surface area contributed by atoms with Gasteiger partial charge in [0.15, 0.2) is 0 Å². The van der Waals surface area contributed by atoms with Crippen LogP contribution in [0.5, 0.6) is 5.75 Å². The van der Waals surface area contributed by atoms with Gasteiger partial charge in [-0.3, -0.25) is 4.68 Å². The van der Waals surface area contributed by atoms with Gasteiger partial charge in [0.25, 0.3) is 0 Å². The Bertz CT molecular complexity index is 561. The number of nitrogens with two attached hydrogens (primary N) is 1. The van der Waals surface area contributed by atoms with E-state index in [1.807, 2.05) is 31.0 Å². The van der Waals surface area contributed by atoms with Crippen molar-refractivity contribution in [2.45, 2.75) is 32.7 Å². The Kier molecular flexibility index (Phi) is 4.79. The monoisotopic (exact) mass is 273 g/mol. The van der Waals surface area contributed by atoms with Crippen LogP contribution in [0.2, 0.25) is 0 Å². The van der Waals surface area contributed by atoms with Crippen LogP contribution in [-0.4, -0.2) is 22.4 Å². The van der Waals surface area contributed by atoms with Crippen molar-refractivity contribution in [3.05, 3.63) is 47.3 Å². The van der Waals surface area contributed by atoms with Gasteiger partial charge in [-0.15, -0.1) is 0 Å². The van der Waals surface area contributed by atoms with E-state index in [4.69, 9.17) is 10.5 Å². The van der Waals surface area contributed by atoms with Gasteiger partial charge < -0.3 is 10.5 Å². The van der Waals surface area contributed by atoms with Crippen LogP contribution in [0.3, 0.4) is 0 Å². The van der Waals surface area contributed by atoms with E-state index in [1.165, 1.54) is 11.1 Å². The van der Waals surface area contributed by atoms with Crippen LogP contribution in [0, 0.1) is 6.92 Å². The van der Waals surface area contributed by atoms with Gasteiger partial charge in [-0.25, -0.2) is 0 Å². The number of ether oxygens (including phenoxy) is 1. The van der Waals surface area contributed by atoms with Gasteiger partial charge in [-0.05, 0) is 37.0 Å². The molecule has 0 aliphatic heterocycles. The lowest BCUT2D eigenvalue weighted by Crippen LogP contribution is -2.18. The van der Waals surface area contributed by atoms with Crippen molar-refractivity contribution in [1.82, 2.24) is 9.78 Å². The molecule has 2 aromatic rings. The zero-order valence-electron chi connectivity index (χ0n) is 12.5. The van der Waals surface area contributed by atoms with Gasteiger partial charge in [-0.2, -0.15) is 5.10 Å². The lowest BCUT2D eigenvalue weighted by molar-refractivity contribution is 0.316. The summed E-state index contributed by atoms with van der Waals surface area (Å²) in [6.45, 7) is 4.74. The van der Waals surface area contributed by atoms with Crippen molar-refractivity contribution in [3.8, 4) is 5.75 Å². The number of rotatable bonds is 6. The highest BCUT2D eigenvalue weighted by atomic mass is 16.5. The van der Waals surface area contributed by atoms with Crippen LogP contribution in [0.25, 0.3) is 0 Å². The molecule has 0 fully saturated rings. The molecule has 0 amide bonds. The van der Waals surface area contributed by atoms with E-state index in [2.05, 4.69) is 30.2 Å². The minimum absolute atomic E-state index is 0.137. The number of aromatic nitrogens is 2. The molecule has 20 heavy (non-hydrogen) atoms. The first kappa shape index (κ1) is 14.6. The maximum absolute atomic E-state index is 5.99. The molecule has 1 aromatic heterocycles. The van der Waals surface area contributed by atoms with Gasteiger partial charge in [0.05, 0.1) is 12.8 Å². The summed E-state index contributed by atoms with van der Waals surface area (Å²) in [5.74, 6) is 0.980. The maximum Gasteiger partial charge on any atom is 0.125 e. The highest BCUT2D eigenvalue weighted by Gasteiger charge is 2.09. The molecule has 1 unspecified atom stereocenters. The minimum atomic E-state index is 0.137. The molecule has 0 radical (unpaired) electrons. The number of hydrogen-bond donors (Lipinski definition) is 1. The molecule has 4 heteroatoms. The van der Waals surface area contributed by atoms with Crippen LogP contribution in [0.4, 0.5) is 0 Å². The number of hydrogen-bond acceptors (Lipinski definition) is 3. The normalized spacial score (nSPS) is 12.4. The van der Waals surface area contributed by atoms with Crippen molar-refractivity contribution in [2.24, 2.45) is 12.8 Å². The fraction of sp³-hybridized carbons (Fsp3) is 0.438. The predicted molar refractivity (Wildman–Crippen MR) is 80.9 cm³/mol. The summed E-state index contributed by atoms with van der Waals surface area (Å²) in [5.41, 5.74) is 9.44. The summed E-state index contributed by atoms with van der Waals surface area (Å²) < 4.78 is 7.80. The molecule has 108 valence electrons. The van der Waals surface area contributed by atoms with Gasteiger partial charge in [0, 0.05) is 25.7 Å². The highest BCUT2D eigenvalue weighted by molar-refractivity contribution is 5.41. The first-order valence-corrected chi connectivity index (χ1v) is 7.00. The molecule has 4 nitrogen and oxygen atoms in total. The Balaban J connectivity index is 2.01. The topological polar surface area (TPSA) is 53.1 Å². The van der Waals surface area contributed by atoms with Crippen molar-refractivity contribution >= 4 is 0 Å². The van der Waals surface area contributed by atoms with Crippen LogP contribution in [-0.2, 0) is 19.9 Å². The molecular weight excluding hydrogens is 250 g/mol. The molecule has 1 aromatic carbocycles. The van der Waals surface area contributed by atoms with E-state index in [0.29, 0.717) is 6.61 Å². The van der Waals surface area contributed by atoms with Gasteiger partial charge in [0.2, 0.25) is 0 Å². The van der Waals surface area contributed by atoms with Gasteiger partial charge in [0.1, 0.15) is 5.75 Å². The summed E-state index contributed by atoms with van der Waals surface area (Å²) in [7, 11) is 1.92. The molecular formula is C16H23N3O. The lowest BCUT2D eigenvalue weighted by Gasteiger charge is -2.15. The summed E-state index contributed by atoms with van der Waals surface area (Å²) in [6.07, 6.45) is 5.60. The predicted octanol–water partition coefficient (Wildman–Crippen LogP) is 2.24. The number of aryl methyl sites for hydroxylation is 2. The summed E-state index contributed by atoms with van der Waals surface area (Å²) >= 11 is 0. The Morgan fingerprint density at radius 1 is 1.40 bits per heavy atom.